The van der Waals surface area contributed by atoms with Crippen molar-refractivity contribution >= 4 is 17.0 Å². The van der Waals surface area contributed by atoms with Crippen LogP contribution >= 0.6 is 0 Å². The number of guanidine groups is 1. The molecule has 1 aromatic heterocycles. The molecule has 5 nitrogen and oxygen atoms in total. The van der Waals surface area contributed by atoms with Crippen LogP contribution in [0.5, 0.6) is 0 Å². The monoisotopic (exact) mass is 349 g/mol. The molecular formula is C21H27N5. The van der Waals surface area contributed by atoms with Crippen LogP contribution in [0.15, 0.2) is 47.5 Å². The lowest BCUT2D eigenvalue weighted by molar-refractivity contribution is 0.734. The van der Waals surface area contributed by atoms with Gasteiger partial charge in [-0.05, 0) is 38.0 Å². The Morgan fingerprint density at radius 2 is 1.81 bits per heavy atom. The van der Waals surface area contributed by atoms with Gasteiger partial charge in [0.25, 0.3) is 0 Å². The Kier molecular flexibility index (Phi) is 5.56. The maximum Gasteiger partial charge on any atom is 0.191 e. The number of aromatic nitrogens is 2. The normalized spacial score (nSPS) is 11.8. The van der Waals surface area contributed by atoms with E-state index in [-0.39, 0.29) is 0 Å². The average Bonchev–Trinajstić information content (AvgIpc) is 2.93. The van der Waals surface area contributed by atoms with Gasteiger partial charge < -0.3 is 15.2 Å². The zero-order valence-electron chi connectivity index (χ0n) is 16.0. The van der Waals surface area contributed by atoms with Gasteiger partial charge in [0.15, 0.2) is 5.96 Å². The van der Waals surface area contributed by atoms with E-state index in [1.165, 1.54) is 16.7 Å². The molecule has 3 aromatic rings. The van der Waals surface area contributed by atoms with E-state index < -0.39 is 0 Å². The summed E-state index contributed by atoms with van der Waals surface area (Å²) in [5, 5.41) is 6.73. The largest absolute Gasteiger partial charge is 0.356 e. The van der Waals surface area contributed by atoms with Gasteiger partial charge in [-0.2, -0.15) is 0 Å². The predicted octanol–water partition coefficient (Wildman–Crippen LogP) is 3.10. The summed E-state index contributed by atoms with van der Waals surface area (Å²) in [4.78, 5) is 8.99. The minimum Gasteiger partial charge on any atom is -0.356 e. The molecule has 0 aliphatic heterocycles. The lowest BCUT2D eigenvalue weighted by atomic mass is 10.1. The van der Waals surface area contributed by atoms with Gasteiger partial charge in [-0.15, -0.1) is 0 Å². The van der Waals surface area contributed by atoms with Crippen LogP contribution in [0, 0.1) is 13.8 Å². The highest BCUT2D eigenvalue weighted by Crippen LogP contribution is 2.14. The van der Waals surface area contributed by atoms with Gasteiger partial charge >= 0.3 is 0 Å². The molecule has 0 aliphatic rings. The van der Waals surface area contributed by atoms with Crippen molar-refractivity contribution in [3.63, 3.8) is 0 Å². The number of imidazole rings is 1. The Hall–Kier alpha value is -2.82. The lowest BCUT2D eigenvalue weighted by Gasteiger charge is -2.12. The van der Waals surface area contributed by atoms with Gasteiger partial charge in [-0.25, -0.2) is 4.98 Å². The molecule has 0 saturated heterocycles. The van der Waals surface area contributed by atoms with Crippen molar-refractivity contribution in [1.29, 1.82) is 0 Å². The first-order valence-corrected chi connectivity index (χ1v) is 8.99. The number of hydrogen-bond acceptors (Lipinski definition) is 2. The zero-order chi connectivity index (χ0) is 18.5. The number of nitrogens with zero attached hydrogens (tertiary/aromatic N) is 3. The topological polar surface area (TPSA) is 54.2 Å². The lowest BCUT2D eigenvalue weighted by Crippen LogP contribution is -2.38. The number of aryl methyl sites for hydroxylation is 3. The van der Waals surface area contributed by atoms with Gasteiger partial charge in [-0.3, -0.25) is 4.99 Å². The van der Waals surface area contributed by atoms with Gasteiger partial charge in [0.05, 0.1) is 17.6 Å². The summed E-state index contributed by atoms with van der Waals surface area (Å²) in [5.74, 6) is 1.78. The van der Waals surface area contributed by atoms with Crippen molar-refractivity contribution in [1.82, 2.24) is 20.2 Å². The fourth-order valence-electron chi connectivity index (χ4n) is 3.28. The van der Waals surface area contributed by atoms with Crippen LogP contribution in [0.2, 0.25) is 0 Å². The maximum atomic E-state index is 4.68. The molecular weight excluding hydrogens is 322 g/mol. The molecule has 0 atom stereocenters. The third-order valence-electron chi connectivity index (χ3n) is 4.50. The number of rotatable bonds is 5. The van der Waals surface area contributed by atoms with Crippen molar-refractivity contribution in [2.24, 2.45) is 12.0 Å². The number of benzene rings is 2. The summed E-state index contributed by atoms with van der Waals surface area (Å²) in [6.07, 6.45) is 0.968. The highest BCUT2D eigenvalue weighted by molar-refractivity contribution is 5.80. The van der Waals surface area contributed by atoms with Gasteiger partial charge in [0, 0.05) is 20.6 Å². The van der Waals surface area contributed by atoms with Crippen molar-refractivity contribution in [2.75, 3.05) is 13.6 Å². The molecule has 0 aliphatic carbocycles. The molecule has 0 bridgehead atoms. The quantitative estimate of drug-likeness (QED) is 0.550. The molecule has 0 fully saturated rings. The number of hydrogen-bond donors (Lipinski definition) is 2. The second-order valence-electron chi connectivity index (χ2n) is 6.67. The van der Waals surface area contributed by atoms with Crippen LogP contribution in [-0.2, 0) is 20.0 Å². The van der Waals surface area contributed by atoms with Crippen LogP contribution in [0.3, 0.4) is 0 Å². The third-order valence-corrected chi connectivity index (χ3v) is 4.50. The number of aliphatic imine (C=N–C) groups is 1. The van der Waals surface area contributed by atoms with E-state index in [4.69, 9.17) is 0 Å². The van der Waals surface area contributed by atoms with E-state index in [2.05, 4.69) is 63.3 Å². The van der Waals surface area contributed by atoms with E-state index in [0.29, 0.717) is 6.54 Å². The molecule has 0 spiro atoms. The molecule has 2 N–H and O–H groups in total. The molecule has 5 heteroatoms. The van der Waals surface area contributed by atoms with Gasteiger partial charge in [0.2, 0.25) is 0 Å². The minimum absolute atomic E-state index is 0.633. The van der Waals surface area contributed by atoms with Crippen LogP contribution in [-0.4, -0.2) is 29.1 Å². The predicted molar refractivity (Wildman–Crippen MR) is 109 cm³/mol. The molecule has 2 aromatic carbocycles. The van der Waals surface area contributed by atoms with Crippen molar-refractivity contribution in [3.05, 3.63) is 65.0 Å². The second kappa shape index (κ2) is 8.04. The van der Waals surface area contributed by atoms with Crippen molar-refractivity contribution in [2.45, 2.75) is 26.8 Å². The Labute approximate surface area is 155 Å². The molecule has 0 radical (unpaired) electrons. The smallest absolute Gasteiger partial charge is 0.191 e. The Morgan fingerprint density at radius 3 is 2.50 bits per heavy atom. The summed E-state index contributed by atoms with van der Waals surface area (Å²) in [7, 11) is 3.84. The second-order valence-corrected chi connectivity index (χ2v) is 6.67. The first-order chi connectivity index (χ1) is 12.6. The SMILES string of the molecule is CN=C(NCCc1cc(C)cc(C)c1)NCc1nc2ccccc2n1C. The number of fused-ring (bicyclic) bond motifs is 1. The highest BCUT2D eigenvalue weighted by Gasteiger charge is 2.07. The van der Waals surface area contributed by atoms with E-state index in [1.807, 2.05) is 25.2 Å². The van der Waals surface area contributed by atoms with E-state index in [1.54, 1.807) is 7.05 Å². The number of nitrogens with one attached hydrogen (secondary N) is 2. The zero-order valence-corrected chi connectivity index (χ0v) is 16.0. The summed E-state index contributed by atoms with van der Waals surface area (Å²) in [6, 6.07) is 14.9. The third kappa shape index (κ3) is 4.23. The van der Waals surface area contributed by atoms with E-state index in [9.17, 15) is 0 Å². The summed E-state index contributed by atoms with van der Waals surface area (Å²) < 4.78 is 2.12. The van der Waals surface area contributed by atoms with E-state index >= 15 is 0 Å². The Balaban J connectivity index is 1.55. The molecule has 3 rings (SSSR count). The Morgan fingerprint density at radius 1 is 1.08 bits per heavy atom. The van der Waals surface area contributed by atoms with E-state index in [0.717, 1.165) is 35.8 Å². The molecule has 0 amide bonds. The first-order valence-electron chi connectivity index (χ1n) is 8.99. The molecule has 26 heavy (non-hydrogen) atoms. The van der Waals surface area contributed by atoms with Gasteiger partial charge in [-0.1, -0.05) is 41.5 Å². The van der Waals surface area contributed by atoms with Crippen LogP contribution in [0.4, 0.5) is 0 Å². The first kappa shape index (κ1) is 18.0. The fraction of sp³-hybridized carbons (Fsp3) is 0.333. The summed E-state index contributed by atoms with van der Waals surface area (Å²) in [5.41, 5.74) is 6.13. The minimum atomic E-state index is 0.633. The van der Waals surface area contributed by atoms with Crippen molar-refractivity contribution < 1.29 is 0 Å². The average molecular weight is 349 g/mol. The summed E-state index contributed by atoms with van der Waals surface area (Å²) in [6.45, 7) is 5.75. The molecule has 1 heterocycles. The van der Waals surface area contributed by atoms with Crippen LogP contribution in [0.1, 0.15) is 22.5 Å². The molecule has 136 valence electrons. The van der Waals surface area contributed by atoms with Crippen LogP contribution < -0.4 is 10.6 Å². The molecule has 0 saturated carbocycles. The maximum absolute atomic E-state index is 4.68. The summed E-state index contributed by atoms with van der Waals surface area (Å²) >= 11 is 0. The Bertz CT molecular complexity index is 903. The number of para-hydroxylation sites is 2. The highest BCUT2D eigenvalue weighted by atomic mass is 15.2. The molecule has 0 unspecified atom stereocenters. The van der Waals surface area contributed by atoms with Gasteiger partial charge in [0.1, 0.15) is 5.82 Å². The van der Waals surface area contributed by atoms with Crippen molar-refractivity contribution in [3.8, 4) is 0 Å². The fourth-order valence-corrected chi connectivity index (χ4v) is 3.28. The van der Waals surface area contributed by atoms with Crippen LogP contribution in [0.25, 0.3) is 11.0 Å². The standard InChI is InChI=1S/C21H27N5/c1-15-11-16(2)13-17(12-15)9-10-23-21(22-3)24-14-20-25-18-7-5-6-8-19(18)26(20)4/h5-8,11-13H,9-10,14H2,1-4H3,(H2,22,23,24).